The van der Waals surface area contributed by atoms with Gasteiger partial charge in [-0.15, -0.1) is 22.0 Å². The van der Waals surface area contributed by atoms with Crippen LogP contribution in [0.15, 0.2) is 46.3 Å². The van der Waals surface area contributed by atoms with E-state index in [4.69, 9.17) is 4.42 Å². The predicted octanol–water partition coefficient (Wildman–Crippen LogP) is 4.97. The highest BCUT2D eigenvalue weighted by Gasteiger charge is 2.49. The van der Waals surface area contributed by atoms with E-state index in [9.17, 15) is 0 Å². The Bertz CT molecular complexity index is 1010. The SMILES string of the molecule is Cc1ncoc1-c1nnc(SCCCN2CCC3(CCC3c3ccccc3)SC2)n1C. The normalized spacial score (nSPS) is 23.9. The fraction of sp³-hybridized carbons (Fsp3) is 0.522. The Kier molecular flexibility index (Phi) is 6.12. The quantitative estimate of drug-likeness (QED) is 0.368. The highest BCUT2D eigenvalue weighted by atomic mass is 32.2. The summed E-state index contributed by atoms with van der Waals surface area (Å²) in [7, 11) is 1.99. The minimum Gasteiger partial charge on any atom is -0.440 e. The number of aromatic nitrogens is 4. The van der Waals surface area contributed by atoms with E-state index in [1.165, 1.54) is 37.8 Å². The Labute approximate surface area is 192 Å². The van der Waals surface area contributed by atoms with Gasteiger partial charge in [-0.05, 0) is 50.6 Å². The van der Waals surface area contributed by atoms with E-state index in [2.05, 4.69) is 62.2 Å². The number of nitrogens with zero attached hydrogens (tertiary/aromatic N) is 5. The molecule has 0 radical (unpaired) electrons. The first-order chi connectivity index (χ1) is 15.2. The molecule has 1 spiro atoms. The Morgan fingerprint density at radius 2 is 2.10 bits per heavy atom. The van der Waals surface area contributed by atoms with Gasteiger partial charge in [0.1, 0.15) is 0 Å². The highest BCUT2D eigenvalue weighted by molar-refractivity contribution is 8.00. The van der Waals surface area contributed by atoms with Crippen LogP contribution in [0.4, 0.5) is 0 Å². The minimum absolute atomic E-state index is 0.487. The van der Waals surface area contributed by atoms with Crippen molar-refractivity contribution >= 4 is 23.5 Å². The number of rotatable bonds is 7. The molecular formula is C23H29N5OS2. The average Bonchev–Trinajstić information content (AvgIpc) is 3.36. The van der Waals surface area contributed by atoms with Crippen molar-refractivity contribution in [2.45, 2.75) is 48.4 Å². The zero-order chi connectivity index (χ0) is 21.3. The van der Waals surface area contributed by atoms with Crippen molar-refractivity contribution in [3.8, 4) is 11.6 Å². The highest BCUT2D eigenvalue weighted by Crippen LogP contribution is 2.58. The third-order valence-electron chi connectivity index (χ3n) is 6.71. The molecule has 2 unspecified atom stereocenters. The Morgan fingerprint density at radius 3 is 2.77 bits per heavy atom. The van der Waals surface area contributed by atoms with E-state index in [0.29, 0.717) is 10.5 Å². The molecule has 0 amide bonds. The summed E-state index contributed by atoms with van der Waals surface area (Å²) in [5, 5.41) is 9.57. The van der Waals surface area contributed by atoms with Crippen molar-refractivity contribution in [1.82, 2.24) is 24.6 Å². The second-order valence-corrected chi connectivity index (χ2v) is 11.0. The molecule has 3 heterocycles. The maximum Gasteiger partial charge on any atom is 0.202 e. The average molecular weight is 456 g/mol. The lowest BCUT2D eigenvalue weighted by molar-refractivity contribution is 0.211. The molecule has 164 valence electrons. The van der Waals surface area contributed by atoms with E-state index < -0.39 is 0 Å². The van der Waals surface area contributed by atoms with Gasteiger partial charge in [0.05, 0.1) is 5.69 Å². The lowest BCUT2D eigenvalue weighted by atomic mass is 9.67. The summed E-state index contributed by atoms with van der Waals surface area (Å²) in [6.45, 7) is 4.30. The number of oxazole rings is 1. The first kappa shape index (κ1) is 21.1. The maximum absolute atomic E-state index is 5.46. The van der Waals surface area contributed by atoms with Crippen LogP contribution in [0, 0.1) is 6.92 Å². The summed E-state index contributed by atoms with van der Waals surface area (Å²) < 4.78 is 7.95. The van der Waals surface area contributed by atoms with E-state index in [-0.39, 0.29) is 0 Å². The Morgan fingerprint density at radius 1 is 1.23 bits per heavy atom. The fourth-order valence-corrected chi connectivity index (χ4v) is 7.21. The van der Waals surface area contributed by atoms with Gasteiger partial charge in [0.25, 0.3) is 0 Å². The van der Waals surface area contributed by atoms with Gasteiger partial charge in [0.15, 0.2) is 17.3 Å². The largest absolute Gasteiger partial charge is 0.440 e. The number of aryl methyl sites for hydroxylation is 1. The number of thioether (sulfide) groups is 2. The standard InChI is InChI=1S/C23H29N5OS2/c1-17-20(29-15-24-17)21-25-26-22(27(21)2)30-14-6-12-28-13-11-23(31-16-28)10-9-19(23)18-7-4-3-5-8-18/h3-5,7-8,15,19H,6,9-14,16H2,1-2H3. The molecule has 2 atom stereocenters. The molecule has 1 saturated carbocycles. The van der Waals surface area contributed by atoms with Crippen molar-refractivity contribution in [3.63, 3.8) is 0 Å². The van der Waals surface area contributed by atoms with Crippen LogP contribution in [-0.2, 0) is 7.05 Å². The Balaban J connectivity index is 1.08. The lowest BCUT2D eigenvalue weighted by Crippen LogP contribution is -2.49. The van der Waals surface area contributed by atoms with Crippen molar-refractivity contribution < 1.29 is 4.42 Å². The number of benzene rings is 1. The summed E-state index contributed by atoms with van der Waals surface area (Å²) in [6, 6.07) is 11.1. The smallest absolute Gasteiger partial charge is 0.202 e. The van der Waals surface area contributed by atoms with E-state index >= 15 is 0 Å². The summed E-state index contributed by atoms with van der Waals surface area (Å²) in [6.07, 6.45) is 6.65. The molecule has 2 aromatic heterocycles. The number of hydrogen-bond donors (Lipinski definition) is 0. The van der Waals surface area contributed by atoms with Gasteiger partial charge >= 0.3 is 0 Å². The fourth-order valence-electron chi connectivity index (χ4n) is 4.73. The molecule has 1 aromatic carbocycles. The minimum atomic E-state index is 0.487. The van der Waals surface area contributed by atoms with Gasteiger partial charge in [-0.1, -0.05) is 42.1 Å². The molecule has 0 N–H and O–H groups in total. The van der Waals surface area contributed by atoms with Crippen LogP contribution >= 0.6 is 23.5 Å². The van der Waals surface area contributed by atoms with Crippen LogP contribution in [0.2, 0.25) is 0 Å². The van der Waals surface area contributed by atoms with Crippen LogP contribution in [0.25, 0.3) is 11.6 Å². The molecule has 1 aliphatic carbocycles. The lowest BCUT2D eigenvalue weighted by Gasteiger charge is -2.53. The molecule has 1 saturated heterocycles. The summed E-state index contributed by atoms with van der Waals surface area (Å²) >= 11 is 3.97. The maximum atomic E-state index is 5.46. The van der Waals surface area contributed by atoms with Crippen LogP contribution in [0.3, 0.4) is 0 Å². The van der Waals surface area contributed by atoms with Crippen molar-refractivity contribution in [3.05, 3.63) is 48.0 Å². The van der Waals surface area contributed by atoms with Crippen LogP contribution in [-0.4, -0.2) is 54.1 Å². The topological polar surface area (TPSA) is 60.0 Å². The second-order valence-electron chi connectivity index (χ2n) is 8.54. The van der Waals surface area contributed by atoms with Gasteiger partial charge in [0.2, 0.25) is 5.82 Å². The zero-order valence-electron chi connectivity index (χ0n) is 18.2. The zero-order valence-corrected chi connectivity index (χ0v) is 19.8. The molecule has 3 aromatic rings. The van der Waals surface area contributed by atoms with Gasteiger partial charge in [0, 0.05) is 30.0 Å². The second kappa shape index (κ2) is 9.00. The molecule has 6 nitrogen and oxygen atoms in total. The van der Waals surface area contributed by atoms with Gasteiger partial charge in [-0.3, -0.25) is 4.90 Å². The van der Waals surface area contributed by atoms with Crippen molar-refractivity contribution in [2.75, 3.05) is 24.7 Å². The summed E-state index contributed by atoms with van der Waals surface area (Å²) in [5.41, 5.74) is 2.38. The third kappa shape index (κ3) is 4.17. The third-order valence-corrected chi connectivity index (χ3v) is 9.58. The molecule has 2 fully saturated rings. The molecule has 1 aliphatic heterocycles. The van der Waals surface area contributed by atoms with Gasteiger partial charge in [-0.2, -0.15) is 0 Å². The first-order valence-electron chi connectivity index (χ1n) is 11.0. The number of hydrogen-bond acceptors (Lipinski definition) is 7. The summed E-state index contributed by atoms with van der Waals surface area (Å²) in [4.78, 5) is 6.77. The van der Waals surface area contributed by atoms with E-state index in [0.717, 1.165) is 47.2 Å². The van der Waals surface area contributed by atoms with E-state index in [1.807, 2.05) is 18.5 Å². The summed E-state index contributed by atoms with van der Waals surface area (Å²) in [5.74, 6) is 4.39. The van der Waals surface area contributed by atoms with Gasteiger partial charge in [-0.25, -0.2) is 4.98 Å². The monoisotopic (exact) mass is 455 g/mol. The molecular weight excluding hydrogens is 426 g/mol. The molecule has 31 heavy (non-hydrogen) atoms. The van der Waals surface area contributed by atoms with Crippen LogP contribution < -0.4 is 0 Å². The Hall–Kier alpha value is -1.77. The molecule has 5 rings (SSSR count). The van der Waals surface area contributed by atoms with Crippen molar-refractivity contribution in [1.29, 1.82) is 0 Å². The molecule has 2 aliphatic rings. The molecule has 8 heteroatoms. The predicted molar refractivity (Wildman–Crippen MR) is 126 cm³/mol. The van der Waals surface area contributed by atoms with Gasteiger partial charge < -0.3 is 8.98 Å². The van der Waals surface area contributed by atoms with Crippen LogP contribution in [0.1, 0.15) is 42.9 Å². The van der Waals surface area contributed by atoms with E-state index in [1.54, 1.807) is 11.8 Å². The first-order valence-corrected chi connectivity index (χ1v) is 13.0. The molecule has 0 bridgehead atoms. The van der Waals surface area contributed by atoms with Crippen LogP contribution in [0.5, 0.6) is 0 Å². The van der Waals surface area contributed by atoms with Crippen molar-refractivity contribution in [2.24, 2.45) is 7.05 Å².